The Morgan fingerprint density at radius 3 is 1.95 bits per heavy atom. The lowest BCUT2D eigenvalue weighted by molar-refractivity contribution is 0.660. The zero-order valence-electron chi connectivity index (χ0n) is 33.8. The van der Waals surface area contributed by atoms with Crippen LogP contribution >= 0.6 is 0 Å². The molecule has 3 heterocycles. The molecule has 0 spiro atoms. The zero-order valence-corrected chi connectivity index (χ0v) is 33.8. The highest BCUT2D eigenvalue weighted by molar-refractivity contribution is 6.23. The molecule has 0 atom stereocenters. The van der Waals surface area contributed by atoms with E-state index in [-0.39, 0.29) is 5.41 Å². The molecule has 1 aliphatic carbocycles. The van der Waals surface area contributed by atoms with Gasteiger partial charge < -0.3 is 4.57 Å². The van der Waals surface area contributed by atoms with E-state index in [1.807, 2.05) is 18.2 Å². The van der Waals surface area contributed by atoms with Gasteiger partial charge in [0.05, 0.1) is 22.1 Å². The molecule has 0 saturated carbocycles. The fraction of sp³-hybridized carbons (Fsp3) is 0.0727. The lowest BCUT2D eigenvalue weighted by atomic mass is 9.82. The van der Waals surface area contributed by atoms with Crippen molar-refractivity contribution < 1.29 is 0 Å². The van der Waals surface area contributed by atoms with Gasteiger partial charge in [-0.1, -0.05) is 172 Å². The largest absolute Gasteiger partial charge is 0.307 e. The molecule has 11 rings (SSSR count). The van der Waals surface area contributed by atoms with Gasteiger partial charge in [0.15, 0.2) is 11.6 Å². The Balaban J connectivity index is 1.22. The molecule has 0 bridgehead atoms. The number of fused-ring (bicyclic) bond motifs is 10. The first kappa shape index (κ1) is 35.5. The van der Waals surface area contributed by atoms with Crippen molar-refractivity contribution >= 4 is 49.2 Å². The monoisotopic (exact) mass is 771 g/mol. The summed E-state index contributed by atoms with van der Waals surface area (Å²) in [5.74, 6) is 1.80. The van der Waals surface area contributed by atoms with E-state index in [1.54, 1.807) is 6.08 Å². The maximum Gasteiger partial charge on any atom is 0.238 e. The van der Waals surface area contributed by atoms with Gasteiger partial charge in [0.2, 0.25) is 5.95 Å². The Kier molecular flexibility index (Phi) is 8.14. The standard InChI is InChI=1S/C55H41N5/c1-5-6-8-18-35(2)52-56-53(38-29-30-41-40-23-11-14-26-46(40)55(3,4)47(41)34-38)58-54(57-52)60-49-28-16-13-25-43(49)45-32-31-44-42-24-12-15-27-48(42)59(50(44)51(45)60)39-22-17-21-37(33-39)36-19-9-7-10-20-36/h5-34H,1H2,2-4H3/b8-6-,35-18+. The van der Waals surface area contributed by atoms with Crippen LogP contribution in [-0.2, 0) is 5.41 Å². The van der Waals surface area contributed by atoms with E-state index in [1.165, 1.54) is 33.2 Å². The average Bonchev–Trinajstić information content (AvgIpc) is 3.90. The molecule has 0 saturated heterocycles. The summed E-state index contributed by atoms with van der Waals surface area (Å²) in [5.41, 5.74) is 14.6. The fourth-order valence-electron chi connectivity index (χ4n) is 9.40. The van der Waals surface area contributed by atoms with Crippen molar-refractivity contribution in [3.63, 3.8) is 0 Å². The van der Waals surface area contributed by atoms with Crippen LogP contribution in [-0.4, -0.2) is 24.1 Å². The molecule has 286 valence electrons. The molecule has 1 aliphatic rings. The minimum absolute atomic E-state index is 0.171. The van der Waals surface area contributed by atoms with Crippen molar-refractivity contribution in [2.24, 2.45) is 0 Å². The van der Waals surface area contributed by atoms with Crippen molar-refractivity contribution in [3.05, 3.63) is 206 Å². The Bertz CT molecular complexity index is 3430. The lowest BCUT2D eigenvalue weighted by Crippen LogP contribution is -2.15. The van der Waals surface area contributed by atoms with Gasteiger partial charge in [0.25, 0.3) is 0 Å². The third kappa shape index (κ3) is 5.43. The summed E-state index contributed by atoms with van der Waals surface area (Å²) in [6.45, 7) is 10.5. The molecule has 5 heteroatoms. The molecule has 0 aliphatic heterocycles. The third-order valence-electron chi connectivity index (χ3n) is 12.3. The number of hydrogen-bond acceptors (Lipinski definition) is 3. The molecule has 3 aromatic heterocycles. The van der Waals surface area contributed by atoms with Gasteiger partial charge >= 0.3 is 0 Å². The molecule has 0 amide bonds. The smallest absolute Gasteiger partial charge is 0.238 e. The molecule has 0 unspecified atom stereocenters. The first-order valence-corrected chi connectivity index (χ1v) is 20.5. The summed E-state index contributed by atoms with van der Waals surface area (Å²) in [7, 11) is 0. The molecule has 0 fully saturated rings. The Morgan fingerprint density at radius 1 is 0.533 bits per heavy atom. The zero-order chi connectivity index (χ0) is 40.5. The van der Waals surface area contributed by atoms with Crippen LogP contribution in [0.4, 0.5) is 0 Å². The number of hydrogen-bond donors (Lipinski definition) is 0. The van der Waals surface area contributed by atoms with Crippen LogP contribution < -0.4 is 0 Å². The normalized spacial score (nSPS) is 13.5. The molecule has 60 heavy (non-hydrogen) atoms. The summed E-state index contributed by atoms with van der Waals surface area (Å²) >= 11 is 0. The van der Waals surface area contributed by atoms with E-state index < -0.39 is 0 Å². The molecular formula is C55H41N5. The Morgan fingerprint density at radius 2 is 1.18 bits per heavy atom. The van der Waals surface area contributed by atoms with Crippen LogP contribution in [0.2, 0.25) is 0 Å². The molecule has 0 radical (unpaired) electrons. The van der Waals surface area contributed by atoms with Crippen LogP contribution in [0.25, 0.3) is 94.5 Å². The second-order valence-corrected chi connectivity index (χ2v) is 16.2. The number of para-hydroxylation sites is 2. The van der Waals surface area contributed by atoms with Crippen molar-refractivity contribution in [1.29, 1.82) is 0 Å². The first-order chi connectivity index (χ1) is 29.4. The van der Waals surface area contributed by atoms with E-state index in [0.717, 1.165) is 60.6 Å². The average molecular weight is 772 g/mol. The van der Waals surface area contributed by atoms with Crippen molar-refractivity contribution in [3.8, 4) is 45.3 Å². The molecule has 7 aromatic carbocycles. The number of benzene rings is 7. The van der Waals surface area contributed by atoms with Gasteiger partial charge in [-0.25, -0.2) is 4.98 Å². The summed E-state index contributed by atoms with van der Waals surface area (Å²) in [6.07, 6.45) is 7.71. The predicted octanol–water partition coefficient (Wildman–Crippen LogP) is 13.9. The van der Waals surface area contributed by atoms with Gasteiger partial charge in [-0.05, 0) is 76.2 Å². The molecule has 5 nitrogen and oxygen atoms in total. The molecule has 10 aromatic rings. The summed E-state index contributed by atoms with van der Waals surface area (Å²) in [4.78, 5) is 16.0. The lowest BCUT2D eigenvalue weighted by Gasteiger charge is -2.21. The van der Waals surface area contributed by atoms with Crippen LogP contribution in [0.3, 0.4) is 0 Å². The van der Waals surface area contributed by atoms with Gasteiger partial charge in [-0.2, -0.15) is 9.97 Å². The highest BCUT2D eigenvalue weighted by Crippen LogP contribution is 2.49. The summed E-state index contributed by atoms with van der Waals surface area (Å²) < 4.78 is 4.68. The van der Waals surface area contributed by atoms with Crippen LogP contribution in [0.5, 0.6) is 0 Å². The summed E-state index contributed by atoms with van der Waals surface area (Å²) in [5, 5.41) is 4.60. The Labute approximate surface area is 349 Å². The second kappa shape index (κ2) is 13.7. The quantitative estimate of drug-likeness (QED) is 0.152. The van der Waals surface area contributed by atoms with E-state index >= 15 is 0 Å². The van der Waals surface area contributed by atoms with Crippen molar-refractivity contribution in [1.82, 2.24) is 24.1 Å². The molecule has 0 N–H and O–H groups in total. The Hall–Kier alpha value is -7.63. The van der Waals surface area contributed by atoms with Crippen LogP contribution in [0.15, 0.2) is 189 Å². The van der Waals surface area contributed by atoms with E-state index in [2.05, 4.69) is 194 Å². The van der Waals surface area contributed by atoms with Crippen molar-refractivity contribution in [2.75, 3.05) is 0 Å². The minimum atomic E-state index is -0.171. The SMILES string of the molecule is C=C/C=C\C=C(/C)c1nc(-c2ccc3c(c2)C(C)(C)c2ccccc2-3)nc(-n2c3ccccc3c3ccc4c5ccccc5n(-c5cccc(-c6ccccc6)c5)c4c32)n1. The number of nitrogens with zero attached hydrogens (tertiary/aromatic N) is 5. The van der Waals surface area contributed by atoms with Gasteiger partial charge in [-0.15, -0.1) is 0 Å². The number of allylic oxidation sites excluding steroid dienone is 5. The first-order valence-electron chi connectivity index (χ1n) is 20.5. The highest BCUT2D eigenvalue weighted by Gasteiger charge is 2.35. The fourth-order valence-corrected chi connectivity index (χ4v) is 9.40. The summed E-state index contributed by atoms with van der Waals surface area (Å²) in [6, 6.07) is 56.7. The van der Waals surface area contributed by atoms with Crippen molar-refractivity contribution in [2.45, 2.75) is 26.2 Å². The van der Waals surface area contributed by atoms with Gasteiger partial charge in [0.1, 0.15) is 0 Å². The van der Waals surface area contributed by atoms with Crippen LogP contribution in [0, 0.1) is 0 Å². The van der Waals surface area contributed by atoms with Gasteiger partial charge in [0, 0.05) is 38.2 Å². The third-order valence-corrected chi connectivity index (χ3v) is 12.3. The van der Waals surface area contributed by atoms with Gasteiger partial charge in [-0.3, -0.25) is 4.57 Å². The van der Waals surface area contributed by atoms with E-state index in [4.69, 9.17) is 15.0 Å². The van der Waals surface area contributed by atoms with Crippen LogP contribution in [0.1, 0.15) is 37.7 Å². The molecular weight excluding hydrogens is 731 g/mol. The predicted molar refractivity (Wildman–Crippen MR) is 250 cm³/mol. The highest BCUT2D eigenvalue weighted by atomic mass is 15.2. The minimum Gasteiger partial charge on any atom is -0.307 e. The maximum atomic E-state index is 5.43. The number of rotatable bonds is 7. The van der Waals surface area contributed by atoms with E-state index in [9.17, 15) is 0 Å². The topological polar surface area (TPSA) is 48.5 Å². The van der Waals surface area contributed by atoms with E-state index in [0.29, 0.717) is 17.6 Å². The second-order valence-electron chi connectivity index (χ2n) is 16.2. The maximum absolute atomic E-state index is 5.43. The number of aromatic nitrogens is 5.